The first-order valence-corrected chi connectivity index (χ1v) is 6.98. The summed E-state index contributed by atoms with van der Waals surface area (Å²) in [4.78, 5) is 13.0. The van der Waals surface area contributed by atoms with Gasteiger partial charge in [0.15, 0.2) is 0 Å². The van der Waals surface area contributed by atoms with Gasteiger partial charge in [0.05, 0.1) is 19.5 Å². The van der Waals surface area contributed by atoms with Crippen molar-refractivity contribution >= 4 is 23.1 Å². The minimum absolute atomic E-state index is 0.618. The molecule has 3 rings (SSSR count). The number of hydrogen-bond donors (Lipinski definition) is 1. The third-order valence-corrected chi connectivity index (χ3v) is 3.24. The van der Waals surface area contributed by atoms with Gasteiger partial charge in [0.2, 0.25) is 0 Å². The van der Waals surface area contributed by atoms with E-state index in [-0.39, 0.29) is 0 Å². The Morgan fingerprint density at radius 3 is 2.68 bits per heavy atom. The van der Waals surface area contributed by atoms with E-state index in [4.69, 9.17) is 16.3 Å². The molecule has 0 saturated carbocycles. The second-order valence-electron chi connectivity index (χ2n) is 4.48. The van der Waals surface area contributed by atoms with Crippen LogP contribution in [0.3, 0.4) is 0 Å². The fourth-order valence-corrected chi connectivity index (χ4v) is 2.10. The van der Waals surface area contributed by atoms with Crippen LogP contribution in [0.25, 0.3) is 11.4 Å². The summed E-state index contributed by atoms with van der Waals surface area (Å²) in [6.07, 6.45) is 4.99. The van der Waals surface area contributed by atoms with Crippen molar-refractivity contribution in [2.24, 2.45) is 0 Å². The highest BCUT2D eigenvalue weighted by Crippen LogP contribution is 2.26. The van der Waals surface area contributed by atoms with Crippen LogP contribution < -0.4 is 10.1 Å². The zero-order valence-corrected chi connectivity index (χ0v) is 12.6. The fraction of sp³-hybridized carbons (Fsp3) is 0.0625. The van der Waals surface area contributed by atoms with Crippen molar-refractivity contribution in [2.45, 2.75) is 0 Å². The molecule has 0 fully saturated rings. The van der Waals surface area contributed by atoms with E-state index in [0.29, 0.717) is 28.0 Å². The molecule has 0 radical (unpaired) electrons. The Kier molecular flexibility index (Phi) is 4.16. The van der Waals surface area contributed by atoms with Crippen molar-refractivity contribution in [2.75, 3.05) is 12.4 Å². The van der Waals surface area contributed by atoms with Crippen LogP contribution in [0.1, 0.15) is 0 Å². The van der Waals surface area contributed by atoms with Crippen molar-refractivity contribution < 1.29 is 4.74 Å². The lowest BCUT2D eigenvalue weighted by atomic mass is 10.2. The van der Waals surface area contributed by atoms with E-state index in [0.717, 1.165) is 5.69 Å². The van der Waals surface area contributed by atoms with Gasteiger partial charge in [-0.25, -0.2) is 4.98 Å². The van der Waals surface area contributed by atoms with E-state index in [1.165, 1.54) is 0 Å². The first-order chi connectivity index (χ1) is 10.8. The maximum atomic E-state index is 5.88. The van der Waals surface area contributed by atoms with Crippen LogP contribution in [0.5, 0.6) is 5.75 Å². The first kappa shape index (κ1) is 14.3. The fourth-order valence-electron chi connectivity index (χ4n) is 1.97. The molecule has 3 aromatic rings. The molecule has 0 saturated heterocycles. The lowest BCUT2D eigenvalue weighted by Crippen LogP contribution is -1.98. The number of nitrogens with zero attached hydrogens (tertiary/aromatic N) is 3. The number of ether oxygens (including phenoxy) is 1. The molecule has 0 aliphatic heterocycles. The van der Waals surface area contributed by atoms with E-state index < -0.39 is 0 Å². The highest BCUT2D eigenvalue weighted by Gasteiger charge is 2.09. The summed E-state index contributed by atoms with van der Waals surface area (Å²) in [7, 11) is 1.60. The quantitative estimate of drug-likeness (QED) is 0.790. The van der Waals surface area contributed by atoms with Gasteiger partial charge in [-0.1, -0.05) is 11.6 Å². The van der Waals surface area contributed by atoms with Gasteiger partial charge in [-0.2, -0.15) is 0 Å². The zero-order valence-electron chi connectivity index (χ0n) is 11.8. The zero-order chi connectivity index (χ0) is 15.4. The first-order valence-electron chi connectivity index (χ1n) is 6.60. The molecule has 0 aliphatic carbocycles. The van der Waals surface area contributed by atoms with Gasteiger partial charge >= 0.3 is 0 Å². The Balaban J connectivity index is 1.91. The van der Waals surface area contributed by atoms with Gasteiger partial charge in [-0.05, 0) is 36.4 Å². The average molecular weight is 313 g/mol. The van der Waals surface area contributed by atoms with E-state index >= 15 is 0 Å². The van der Waals surface area contributed by atoms with Crippen LogP contribution in [0.4, 0.5) is 11.5 Å². The van der Waals surface area contributed by atoms with Crippen LogP contribution in [-0.2, 0) is 0 Å². The summed E-state index contributed by atoms with van der Waals surface area (Å²) in [6, 6.07) is 11.0. The average Bonchev–Trinajstić information content (AvgIpc) is 2.57. The number of rotatable bonds is 4. The van der Waals surface area contributed by atoms with Crippen LogP contribution in [0.2, 0.25) is 5.02 Å². The van der Waals surface area contributed by atoms with Crippen LogP contribution >= 0.6 is 11.6 Å². The van der Waals surface area contributed by atoms with E-state index in [1.54, 1.807) is 25.7 Å². The number of methoxy groups -OCH3 is 1. The maximum Gasteiger partial charge on any atom is 0.149 e. The predicted molar refractivity (Wildman–Crippen MR) is 86.5 cm³/mol. The molecule has 5 nitrogen and oxygen atoms in total. The Bertz CT molecular complexity index is 777. The van der Waals surface area contributed by atoms with Crippen LogP contribution in [0, 0.1) is 0 Å². The summed E-state index contributed by atoms with van der Waals surface area (Å²) in [6.45, 7) is 0. The second-order valence-corrected chi connectivity index (χ2v) is 4.91. The molecule has 0 amide bonds. The third kappa shape index (κ3) is 3.15. The van der Waals surface area contributed by atoms with Crippen molar-refractivity contribution in [1.29, 1.82) is 0 Å². The van der Waals surface area contributed by atoms with Gasteiger partial charge in [0, 0.05) is 16.9 Å². The summed E-state index contributed by atoms with van der Waals surface area (Å²) >= 11 is 5.88. The van der Waals surface area contributed by atoms with Gasteiger partial charge in [0.25, 0.3) is 0 Å². The number of aromatic nitrogens is 3. The van der Waals surface area contributed by atoms with Gasteiger partial charge < -0.3 is 10.1 Å². The molecule has 6 heteroatoms. The molecule has 0 atom stereocenters. The van der Waals surface area contributed by atoms with E-state index in [1.807, 2.05) is 36.4 Å². The minimum atomic E-state index is 0.618. The summed E-state index contributed by atoms with van der Waals surface area (Å²) < 4.78 is 5.31. The molecule has 0 unspecified atom stereocenters. The van der Waals surface area contributed by atoms with Crippen LogP contribution in [0.15, 0.2) is 55.0 Å². The highest BCUT2D eigenvalue weighted by molar-refractivity contribution is 6.30. The van der Waals surface area contributed by atoms with E-state index in [2.05, 4.69) is 20.3 Å². The molecule has 0 spiro atoms. The molecule has 0 aliphatic rings. The number of nitrogens with one attached hydrogen (secondary N) is 1. The van der Waals surface area contributed by atoms with Crippen LogP contribution in [-0.4, -0.2) is 22.1 Å². The number of hydrogen-bond acceptors (Lipinski definition) is 5. The summed E-state index contributed by atoms with van der Waals surface area (Å²) in [5.41, 5.74) is 2.16. The topological polar surface area (TPSA) is 59.9 Å². The summed E-state index contributed by atoms with van der Waals surface area (Å²) in [5, 5.41) is 3.86. The van der Waals surface area contributed by atoms with Crippen molar-refractivity contribution in [3.63, 3.8) is 0 Å². The molecule has 1 aromatic carbocycles. The molecular formula is C16H13ClN4O. The number of halogens is 1. The number of benzene rings is 1. The molecule has 22 heavy (non-hydrogen) atoms. The number of pyridine rings is 1. The largest absolute Gasteiger partial charge is 0.494 e. The molecule has 2 aromatic heterocycles. The normalized spacial score (nSPS) is 10.3. The second kappa shape index (κ2) is 6.41. The maximum absolute atomic E-state index is 5.88. The molecule has 1 N–H and O–H groups in total. The highest BCUT2D eigenvalue weighted by atomic mass is 35.5. The van der Waals surface area contributed by atoms with Crippen molar-refractivity contribution in [1.82, 2.24) is 15.0 Å². The lowest BCUT2D eigenvalue weighted by Gasteiger charge is -2.09. The lowest BCUT2D eigenvalue weighted by molar-refractivity contribution is 0.414. The van der Waals surface area contributed by atoms with Crippen molar-refractivity contribution in [3.8, 4) is 17.1 Å². The smallest absolute Gasteiger partial charge is 0.149 e. The van der Waals surface area contributed by atoms with E-state index in [9.17, 15) is 0 Å². The Morgan fingerprint density at radius 1 is 1.09 bits per heavy atom. The SMILES string of the molecule is COc1cccnc1-c1cncc(Nc2ccc(Cl)cc2)n1. The van der Waals surface area contributed by atoms with Gasteiger partial charge in [-0.3, -0.25) is 9.97 Å². The third-order valence-electron chi connectivity index (χ3n) is 2.98. The molecule has 2 heterocycles. The Morgan fingerprint density at radius 2 is 1.91 bits per heavy atom. The standard InChI is InChI=1S/C16H13ClN4O/c1-22-14-3-2-8-19-16(14)13-9-18-10-15(21-13)20-12-6-4-11(17)5-7-12/h2-10H,1H3,(H,20,21). The number of anilines is 2. The molecular weight excluding hydrogens is 300 g/mol. The van der Waals surface area contributed by atoms with Gasteiger partial charge in [-0.15, -0.1) is 0 Å². The summed E-state index contributed by atoms with van der Waals surface area (Å²) in [5.74, 6) is 1.27. The monoisotopic (exact) mass is 312 g/mol. The molecule has 110 valence electrons. The Hall–Kier alpha value is -2.66. The minimum Gasteiger partial charge on any atom is -0.494 e. The van der Waals surface area contributed by atoms with Crippen molar-refractivity contribution in [3.05, 3.63) is 60.0 Å². The predicted octanol–water partition coefficient (Wildman–Crippen LogP) is 3.94. The molecule has 0 bridgehead atoms. The Labute approximate surface area is 133 Å². The van der Waals surface area contributed by atoms with Gasteiger partial charge in [0.1, 0.15) is 23.0 Å².